The highest BCUT2D eigenvalue weighted by molar-refractivity contribution is 6.34. The second-order valence-corrected chi connectivity index (χ2v) is 5.32. The number of benzene rings is 2. The quantitative estimate of drug-likeness (QED) is 0.557. The number of anilines is 1. The van der Waals surface area contributed by atoms with E-state index in [0.29, 0.717) is 17.7 Å². The van der Waals surface area contributed by atoms with Gasteiger partial charge in [-0.15, -0.1) is 0 Å². The van der Waals surface area contributed by atoms with Crippen LogP contribution in [0.3, 0.4) is 0 Å². The van der Waals surface area contributed by atoms with Crippen molar-refractivity contribution in [1.82, 2.24) is 5.32 Å². The van der Waals surface area contributed by atoms with Crippen LogP contribution in [0.4, 0.5) is 19.3 Å². The van der Waals surface area contributed by atoms with E-state index in [1.807, 2.05) is 5.32 Å². The summed E-state index contributed by atoms with van der Waals surface area (Å²) in [5, 5.41) is 12.6. The molecule has 0 heterocycles. The molecule has 0 atom stereocenters. The van der Waals surface area contributed by atoms with Crippen LogP contribution in [0.25, 0.3) is 6.08 Å². The number of rotatable bonds is 4. The van der Waals surface area contributed by atoms with Gasteiger partial charge < -0.3 is 10.4 Å². The monoisotopic (exact) mass is 380 g/mol. The number of halogens is 3. The van der Waals surface area contributed by atoms with Crippen molar-refractivity contribution in [3.8, 4) is 0 Å². The molecule has 2 rings (SSSR count). The largest absolute Gasteiger partial charge is 0.478 e. The third-order valence-corrected chi connectivity index (χ3v) is 3.41. The number of hydrogen-bond donors (Lipinski definition) is 3. The van der Waals surface area contributed by atoms with Crippen molar-refractivity contribution in [2.24, 2.45) is 0 Å². The lowest BCUT2D eigenvalue weighted by Gasteiger charge is -2.10. The van der Waals surface area contributed by atoms with Crippen molar-refractivity contribution in [3.05, 3.63) is 70.3 Å². The Kier molecular flexibility index (Phi) is 6.03. The van der Waals surface area contributed by atoms with E-state index < -0.39 is 35.1 Å². The molecule has 0 bridgehead atoms. The molecule has 2 aromatic carbocycles. The summed E-state index contributed by atoms with van der Waals surface area (Å²) in [6.07, 6.45) is 2.14. The minimum absolute atomic E-state index is 0.228. The van der Waals surface area contributed by atoms with E-state index in [9.17, 15) is 23.2 Å². The number of amides is 3. The van der Waals surface area contributed by atoms with Crippen molar-refractivity contribution < 1.29 is 28.3 Å². The molecule has 6 nitrogen and oxygen atoms in total. The Morgan fingerprint density at radius 2 is 1.73 bits per heavy atom. The maximum absolute atomic E-state index is 13.2. The van der Waals surface area contributed by atoms with Crippen LogP contribution in [0.15, 0.2) is 42.5 Å². The van der Waals surface area contributed by atoms with Gasteiger partial charge in [-0.05, 0) is 29.8 Å². The molecule has 0 saturated carbocycles. The van der Waals surface area contributed by atoms with Gasteiger partial charge in [0.15, 0.2) is 11.6 Å². The van der Waals surface area contributed by atoms with Crippen LogP contribution >= 0.6 is 11.6 Å². The number of carbonyl (C=O) groups is 3. The van der Waals surface area contributed by atoms with E-state index in [2.05, 4.69) is 5.32 Å². The maximum atomic E-state index is 13.2. The summed E-state index contributed by atoms with van der Waals surface area (Å²) in [4.78, 5) is 34.5. The van der Waals surface area contributed by atoms with Gasteiger partial charge in [0, 0.05) is 11.8 Å². The molecule has 3 amide bonds. The van der Waals surface area contributed by atoms with Gasteiger partial charge in [0.2, 0.25) is 0 Å². The molecule has 0 aliphatic heterocycles. The minimum Gasteiger partial charge on any atom is -0.478 e. The van der Waals surface area contributed by atoms with Gasteiger partial charge in [0.05, 0.1) is 10.6 Å². The lowest BCUT2D eigenvalue weighted by molar-refractivity contribution is -0.131. The number of hydrogen-bond acceptors (Lipinski definition) is 3. The lowest BCUT2D eigenvalue weighted by atomic mass is 10.1. The van der Waals surface area contributed by atoms with Crippen LogP contribution in [-0.4, -0.2) is 23.0 Å². The van der Waals surface area contributed by atoms with Crippen molar-refractivity contribution >= 4 is 41.3 Å². The molecule has 0 aliphatic rings. The van der Waals surface area contributed by atoms with Gasteiger partial charge in [-0.25, -0.2) is 18.4 Å². The predicted octanol–water partition coefficient (Wildman–Crippen LogP) is 3.68. The fraction of sp³-hybridized carbons (Fsp3) is 0. The molecule has 3 N–H and O–H groups in total. The molecule has 0 aromatic heterocycles. The number of nitrogens with one attached hydrogen (secondary N) is 2. The number of carboxylic acids is 1. The van der Waals surface area contributed by atoms with Crippen molar-refractivity contribution in [3.63, 3.8) is 0 Å². The van der Waals surface area contributed by atoms with Crippen LogP contribution in [0.5, 0.6) is 0 Å². The highest BCUT2D eigenvalue weighted by atomic mass is 35.5. The zero-order valence-corrected chi connectivity index (χ0v) is 13.7. The standard InChI is InChI=1S/C17H11ClF2N2O4/c18-11-8-13(20)12(19)7-10(11)16(25)22-17(26)21-14-4-2-1-3-9(14)5-6-15(23)24/h1-8H,(H,23,24)(H2,21,22,25,26). The Balaban J connectivity index is 2.13. The highest BCUT2D eigenvalue weighted by Gasteiger charge is 2.17. The van der Waals surface area contributed by atoms with Gasteiger partial charge in [0.25, 0.3) is 5.91 Å². The van der Waals surface area contributed by atoms with Crippen molar-refractivity contribution in [1.29, 1.82) is 0 Å². The van der Waals surface area contributed by atoms with E-state index in [1.165, 1.54) is 12.1 Å². The summed E-state index contributed by atoms with van der Waals surface area (Å²) in [7, 11) is 0. The third-order valence-electron chi connectivity index (χ3n) is 3.10. The van der Waals surface area contributed by atoms with Gasteiger partial charge in [0.1, 0.15) is 0 Å². The molecule has 0 spiro atoms. The molecule has 0 aliphatic carbocycles. The summed E-state index contributed by atoms with van der Waals surface area (Å²) < 4.78 is 26.3. The number of carboxylic acid groups (broad SMARTS) is 1. The highest BCUT2D eigenvalue weighted by Crippen LogP contribution is 2.20. The molecule has 0 radical (unpaired) electrons. The van der Waals surface area contributed by atoms with E-state index in [1.54, 1.807) is 18.2 Å². The minimum atomic E-state index is -1.29. The molecule has 26 heavy (non-hydrogen) atoms. The first-order chi connectivity index (χ1) is 12.3. The Labute approximate surface area is 151 Å². The Hall–Kier alpha value is -3.26. The first-order valence-electron chi connectivity index (χ1n) is 7.05. The summed E-state index contributed by atoms with van der Waals surface area (Å²) >= 11 is 5.67. The Bertz CT molecular complexity index is 916. The SMILES string of the molecule is O=C(O)C=Cc1ccccc1NC(=O)NC(=O)c1cc(F)c(F)cc1Cl. The van der Waals surface area contributed by atoms with E-state index in [-0.39, 0.29) is 10.7 Å². The Morgan fingerprint density at radius 1 is 1.08 bits per heavy atom. The number of aliphatic carboxylic acids is 1. The predicted molar refractivity (Wildman–Crippen MR) is 91.0 cm³/mol. The third kappa shape index (κ3) is 4.87. The van der Waals surface area contributed by atoms with Gasteiger partial charge >= 0.3 is 12.0 Å². The molecule has 0 fully saturated rings. The van der Waals surface area contributed by atoms with Crippen LogP contribution in [0, 0.1) is 11.6 Å². The summed E-state index contributed by atoms with van der Waals surface area (Å²) in [6, 6.07) is 6.46. The summed E-state index contributed by atoms with van der Waals surface area (Å²) in [5.41, 5.74) is 0.190. The van der Waals surface area contributed by atoms with Crippen molar-refractivity contribution in [2.75, 3.05) is 5.32 Å². The van der Waals surface area contributed by atoms with E-state index in [4.69, 9.17) is 16.7 Å². The zero-order valence-electron chi connectivity index (χ0n) is 12.9. The second kappa shape index (κ2) is 8.21. The zero-order chi connectivity index (χ0) is 19.3. The van der Waals surface area contributed by atoms with Crippen LogP contribution in [0.2, 0.25) is 5.02 Å². The van der Waals surface area contributed by atoms with Crippen LogP contribution in [0.1, 0.15) is 15.9 Å². The van der Waals surface area contributed by atoms with Gasteiger partial charge in [-0.2, -0.15) is 0 Å². The molecule has 0 unspecified atom stereocenters. The number of para-hydroxylation sites is 1. The molecular formula is C17H11ClF2N2O4. The average molecular weight is 381 g/mol. The smallest absolute Gasteiger partial charge is 0.328 e. The molecule has 134 valence electrons. The average Bonchev–Trinajstić information content (AvgIpc) is 2.57. The Morgan fingerprint density at radius 3 is 2.42 bits per heavy atom. The summed E-state index contributed by atoms with van der Waals surface area (Å²) in [6.45, 7) is 0. The van der Waals surface area contributed by atoms with Gasteiger partial charge in [-0.3, -0.25) is 10.1 Å². The number of urea groups is 1. The lowest BCUT2D eigenvalue weighted by Crippen LogP contribution is -2.34. The summed E-state index contributed by atoms with van der Waals surface area (Å²) in [5.74, 6) is -4.73. The first kappa shape index (κ1) is 19.1. The molecular weight excluding hydrogens is 370 g/mol. The van der Waals surface area contributed by atoms with Crippen LogP contribution < -0.4 is 10.6 Å². The van der Waals surface area contributed by atoms with E-state index >= 15 is 0 Å². The molecule has 2 aromatic rings. The fourth-order valence-corrected chi connectivity index (χ4v) is 2.17. The normalized spacial score (nSPS) is 10.6. The first-order valence-corrected chi connectivity index (χ1v) is 7.42. The topological polar surface area (TPSA) is 95.5 Å². The number of imide groups is 1. The maximum Gasteiger partial charge on any atom is 0.328 e. The van der Waals surface area contributed by atoms with E-state index in [0.717, 1.165) is 6.08 Å². The molecule has 0 saturated heterocycles. The van der Waals surface area contributed by atoms with Gasteiger partial charge in [-0.1, -0.05) is 29.8 Å². The second-order valence-electron chi connectivity index (χ2n) is 4.91. The number of carbonyl (C=O) groups excluding carboxylic acids is 2. The van der Waals surface area contributed by atoms with Crippen molar-refractivity contribution in [2.45, 2.75) is 0 Å². The van der Waals surface area contributed by atoms with Crippen LogP contribution in [-0.2, 0) is 4.79 Å². The molecule has 9 heteroatoms. The fourth-order valence-electron chi connectivity index (χ4n) is 1.94.